The van der Waals surface area contributed by atoms with Crippen molar-refractivity contribution in [3.05, 3.63) is 91.5 Å². The van der Waals surface area contributed by atoms with E-state index in [1.165, 1.54) is 7.11 Å². The number of carbonyl (C=O) groups is 1. The number of ether oxygens (including phenoxy) is 1. The highest BCUT2D eigenvalue weighted by atomic mass is 16.5. The van der Waals surface area contributed by atoms with Crippen molar-refractivity contribution >= 4 is 23.1 Å². The van der Waals surface area contributed by atoms with Gasteiger partial charge in [0.05, 0.1) is 47.4 Å². The zero-order valence-electron chi connectivity index (χ0n) is 25.3. The molecule has 0 aromatic rings. The number of allylic oxidation sites excluding steroid dienone is 11. The van der Waals surface area contributed by atoms with Crippen LogP contribution in [0.4, 0.5) is 0 Å². The number of aliphatic hydroxyl groups excluding tert-OH is 2. The molecule has 0 amide bonds. The maximum absolute atomic E-state index is 12.2. The third kappa shape index (κ3) is 4.31. The lowest BCUT2D eigenvalue weighted by Crippen LogP contribution is -2.16. The Morgan fingerprint density at radius 3 is 2.48 bits per heavy atom. The monoisotopic (exact) mass is 566 g/mol. The molecular formula is C34H38N4O4. The van der Waals surface area contributed by atoms with Crippen LogP contribution < -0.4 is 5.32 Å². The lowest BCUT2D eigenvalue weighted by atomic mass is 9.86. The Bertz CT molecular complexity index is 1680. The molecule has 5 heterocycles. The van der Waals surface area contributed by atoms with E-state index in [0.29, 0.717) is 24.3 Å². The van der Waals surface area contributed by atoms with Crippen molar-refractivity contribution in [3.8, 4) is 0 Å². The number of hydrogen-bond acceptors (Lipinski definition) is 8. The minimum Gasteiger partial charge on any atom is -0.511 e. The number of hydrogen-bond donors (Lipinski definition) is 3. The lowest BCUT2D eigenvalue weighted by molar-refractivity contribution is -0.140. The maximum atomic E-state index is 12.2. The van der Waals surface area contributed by atoms with Crippen LogP contribution in [-0.4, -0.2) is 46.5 Å². The topological polar surface area (TPSA) is 116 Å². The smallest absolute Gasteiger partial charge is 0.305 e. The molecule has 3 atom stereocenters. The Kier molecular flexibility index (Phi) is 6.92. The van der Waals surface area contributed by atoms with E-state index in [0.717, 1.165) is 85.4 Å². The number of aliphatic hydroxyl groups is 2. The number of rotatable bonds is 5. The Morgan fingerprint density at radius 2 is 1.79 bits per heavy atom. The normalized spacial score (nSPS) is 25.5. The lowest BCUT2D eigenvalue weighted by Gasteiger charge is -2.17. The van der Waals surface area contributed by atoms with Gasteiger partial charge < -0.3 is 20.3 Å². The van der Waals surface area contributed by atoms with Crippen molar-refractivity contribution in [3.63, 3.8) is 0 Å². The molecule has 6 aliphatic rings. The molecule has 0 radical (unpaired) electrons. The van der Waals surface area contributed by atoms with E-state index in [9.17, 15) is 15.0 Å². The van der Waals surface area contributed by atoms with E-state index in [4.69, 9.17) is 19.7 Å². The third-order valence-corrected chi connectivity index (χ3v) is 9.41. The first-order valence-electron chi connectivity index (χ1n) is 14.8. The Labute approximate surface area is 246 Å². The SMILES string of the molecule is CCC1=C(C)C2=NC1=CC1=C(C)C3=C(O)CC(=C4NC(=CC5=NC(=C2)C([C@@H](C)O)=C5C)[C@@H](C)[C@@H]4CCC(=O)OC)C3=N1. The molecule has 0 spiro atoms. The van der Waals surface area contributed by atoms with Crippen LogP contribution in [0.25, 0.3) is 0 Å². The van der Waals surface area contributed by atoms with Crippen molar-refractivity contribution in [2.75, 3.05) is 7.11 Å². The number of nitrogens with zero attached hydrogens (tertiary/aromatic N) is 3. The molecule has 8 bridgehead atoms. The average Bonchev–Trinajstić information content (AvgIpc) is 3.70. The van der Waals surface area contributed by atoms with E-state index in [1.54, 1.807) is 6.92 Å². The van der Waals surface area contributed by atoms with Crippen LogP contribution in [0.2, 0.25) is 0 Å². The molecule has 6 rings (SSSR count). The molecule has 1 fully saturated rings. The second-order valence-corrected chi connectivity index (χ2v) is 11.8. The van der Waals surface area contributed by atoms with Crippen LogP contribution in [-0.2, 0) is 9.53 Å². The second kappa shape index (κ2) is 10.3. The Morgan fingerprint density at radius 1 is 1.07 bits per heavy atom. The molecule has 0 unspecified atom stereocenters. The molecule has 8 heteroatoms. The van der Waals surface area contributed by atoms with Crippen LogP contribution in [0, 0.1) is 11.8 Å². The summed E-state index contributed by atoms with van der Waals surface area (Å²) in [7, 11) is 1.41. The van der Waals surface area contributed by atoms with Gasteiger partial charge in [-0.05, 0) is 81.1 Å². The number of aliphatic imine (C=N–C) groups is 3. The van der Waals surface area contributed by atoms with Gasteiger partial charge in [0.2, 0.25) is 0 Å². The number of carbonyl (C=O) groups excluding carboxylic acids is 1. The number of fused-ring (bicyclic) bond motifs is 5. The van der Waals surface area contributed by atoms with Crippen molar-refractivity contribution in [1.82, 2.24) is 5.32 Å². The summed E-state index contributed by atoms with van der Waals surface area (Å²) in [6.07, 6.45) is 7.43. The molecule has 0 aromatic heterocycles. The number of esters is 1. The zero-order valence-corrected chi connectivity index (χ0v) is 25.3. The highest BCUT2D eigenvalue weighted by Gasteiger charge is 2.41. The largest absolute Gasteiger partial charge is 0.511 e. The minimum atomic E-state index is -0.700. The third-order valence-electron chi connectivity index (χ3n) is 9.41. The first-order chi connectivity index (χ1) is 20.0. The van der Waals surface area contributed by atoms with Crippen LogP contribution in [0.5, 0.6) is 0 Å². The van der Waals surface area contributed by atoms with E-state index < -0.39 is 6.10 Å². The van der Waals surface area contributed by atoms with Gasteiger partial charge in [0, 0.05) is 52.8 Å². The van der Waals surface area contributed by atoms with Gasteiger partial charge in [-0.3, -0.25) is 4.79 Å². The van der Waals surface area contributed by atoms with Crippen LogP contribution in [0.15, 0.2) is 106 Å². The van der Waals surface area contributed by atoms with Crippen LogP contribution >= 0.6 is 0 Å². The van der Waals surface area contributed by atoms with Gasteiger partial charge in [0.1, 0.15) is 5.76 Å². The summed E-state index contributed by atoms with van der Waals surface area (Å²) >= 11 is 0. The first-order valence-corrected chi connectivity index (χ1v) is 14.8. The van der Waals surface area contributed by atoms with Gasteiger partial charge in [-0.25, -0.2) is 15.0 Å². The van der Waals surface area contributed by atoms with E-state index in [1.807, 2.05) is 26.0 Å². The fourth-order valence-electron chi connectivity index (χ4n) is 7.03. The fourth-order valence-corrected chi connectivity index (χ4v) is 7.03. The van der Waals surface area contributed by atoms with E-state index in [-0.39, 0.29) is 24.2 Å². The first kappa shape index (κ1) is 28.1. The molecule has 218 valence electrons. The molecule has 1 aliphatic carbocycles. The van der Waals surface area contributed by atoms with Crippen molar-refractivity contribution < 1.29 is 19.7 Å². The average molecular weight is 567 g/mol. The van der Waals surface area contributed by atoms with Crippen molar-refractivity contribution in [2.24, 2.45) is 26.8 Å². The maximum Gasteiger partial charge on any atom is 0.305 e. The van der Waals surface area contributed by atoms with Crippen molar-refractivity contribution in [2.45, 2.75) is 73.3 Å². The van der Waals surface area contributed by atoms with Gasteiger partial charge in [-0.15, -0.1) is 0 Å². The quantitative estimate of drug-likeness (QED) is 0.354. The standard InChI is InChI=1S/C34H38N4O4/c1-8-20-15(2)23-14-28-31(19(6)39)17(4)25(36-28)12-24-16(3)21(9-10-30(41)42-7)33(37-24)22-11-29(40)32-18(5)26(38-34(22)32)13-27(20)35-23/h12-14,16,19,21,37,39-40H,8-11H2,1-7H3/t16-,19+,21-/m0/s1. The van der Waals surface area contributed by atoms with Crippen molar-refractivity contribution in [1.29, 1.82) is 0 Å². The summed E-state index contributed by atoms with van der Waals surface area (Å²) in [4.78, 5) is 27.3. The van der Waals surface area contributed by atoms with Gasteiger partial charge in [0.15, 0.2) is 0 Å². The van der Waals surface area contributed by atoms with Crippen LogP contribution in [0.3, 0.4) is 0 Å². The second-order valence-electron chi connectivity index (χ2n) is 11.8. The molecule has 42 heavy (non-hydrogen) atoms. The molecular weight excluding hydrogens is 528 g/mol. The molecule has 0 aromatic carbocycles. The minimum absolute atomic E-state index is 0.00465. The highest BCUT2D eigenvalue weighted by Crippen LogP contribution is 2.46. The molecule has 0 saturated carbocycles. The van der Waals surface area contributed by atoms with Crippen LogP contribution in [0.1, 0.15) is 67.2 Å². The predicted octanol–water partition coefficient (Wildman–Crippen LogP) is 5.99. The summed E-state index contributed by atoms with van der Waals surface area (Å²) in [6, 6.07) is 0. The summed E-state index contributed by atoms with van der Waals surface area (Å²) < 4.78 is 4.97. The number of methoxy groups -OCH3 is 1. The molecule has 1 saturated heterocycles. The summed E-state index contributed by atoms with van der Waals surface area (Å²) in [6.45, 7) is 12.1. The van der Waals surface area contributed by atoms with Gasteiger partial charge >= 0.3 is 5.97 Å². The fraction of sp³-hybridized carbons (Fsp3) is 0.412. The highest BCUT2D eigenvalue weighted by molar-refractivity contribution is 6.21. The predicted molar refractivity (Wildman–Crippen MR) is 165 cm³/mol. The van der Waals surface area contributed by atoms with Gasteiger partial charge in [-0.1, -0.05) is 13.8 Å². The molecule has 8 nitrogen and oxygen atoms in total. The molecule has 5 aliphatic heterocycles. The Balaban J connectivity index is 1.60. The summed E-state index contributed by atoms with van der Waals surface area (Å²) in [5.74, 6) is 0.109. The summed E-state index contributed by atoms with van der Waals surface area (Å²) in [5, 5.41) is 25.7. The Hall–Kier alpha value is -4.04. The summed E-state index contributed by atoms with van der Waals surface area (Å²) in [5.41, 5.74) is 13.3. The number of nitrogens with one attached hydrogen (secondary N) is 1. The zero-order chi connectivity index (χ0) is 30.0. The van der Waals surface area contributed by atoms with Gasteiger partial charge in [-0.2, -0.15) is 0 Å². The van der Waals surface area contributed by atoms with E-state index in [2.05, 4.69) is 32.2 Å². The van der Waals surface area contributed by atoms with Gasteiger partial charge in [0.25, 0.3) is 0 Å². The molecule has 3 N–H and O–H groups in total. The van der Waals surface area contributed by atoms with E-state index >= 15 is 0 Å².